The van der Waals surface area contributed by atoms with Gasteiger partial charge in [0, 0.05) is 18.5 Å². The molecule has 2 atom stereocenters. The summed E-state index contributed by atoms with van der Waals surface area (Å²) >= 11 is 23.5. The average Bonchev–Trinajstić information content (AvgIpc) is 3.16. The molecule has 316 valence electrons. The molecule has 11 nitrogen and oxygen atoms in total. The van der Waals surface area contributed by atoms with Crippen LogP contribution in [0.2, 0.25) is 20.2 Å². The van der Waals surface area contributed by atoms with E-state index in [1.807, 2.05) is 27.7 Å². The molecule has 2 N–H and O–H groups in total. The fraction of sp³-hybridized carbons (Fsp3) is 0.273. The molecular weight excluding hydrogens is 857 g/mol. The molecule has 0 aliphatic carbocycles. The van der Waals surface area contributed by atoms with Gasteiger partial charge in [0.1, 0.15) is 33.5 Å². The zero-order chi connectivity index (χ0) is 44.5. The Hall–Kier alpha value is -5.27. The first kappa shape index (κ1) is 47.4. The second-order valence-corrected chi connectivity index (χ2v) is 17.0. The number of nitrogens with one attached hydrogen (secondary N) is 2. The van der Waals surface area contributed by atoms with E-state index in [0.29, 0.717) is 16.1 Å². The summed E-state index contributed by atoms with van der Waals surface area (Å²) in [5.41, 5.74) is 1.57. The van der Waals surface area contributed by atoms with Crippen LogP contribution < -0.4 is 15.4 Å². The van der Waals surface area contributed by atoms with Crippen LogP contribution in [0.5, 0.6) is 11.6 Å². The first-order valence-electron chi connectivity index (χ1n) is 18.4. The number of carbonyl (C=O) groups is 4. The van der Waals surface area contributed by atoms with Gasteiger partial charge in [-0.15, -0.1) is 0 Å². The van der Waals surface area contributed by atoms with E-state index in [1.54, 1.807) is 76.2 Å². The van der Waals surface area contributed by atoms with E-state index in [2.05, 4.69) is 20.6 Å². The number of pyridine rings is 2. The first-order valence-corrected chi connectivity index (χ1v) is 19.9. The lowest BCUT2D eigenvalue weighted by atomic mass is 10.1. The second-order valence-electron chi connectivity index (χ2n) is 15.3. The Morgan fingerprint density at radius 2 is 1.05 bits per heavy atom. The molecule has 5 aromatic rings. The van der Waals surface area contributed by atoms with E-state index in [-0.39, 0.29) is 49.9 Å². The van der Waals surface area contributed by atoms with Crippen molar-refractivity contribution >= 4 is 70.2 Å². The molecule has 5 rings (SSSR count). The Morgan fingerprint density at radius 1 is 0.617 bits per heavy atom. The molecule has 0 saturated carbocycles. The van der Waals surface area contributed by atoms with Gasteiger partial charge in [-0.3, -0.25) is 9.59 Å². The SMILES string of the molecule is C[C@H](NC(=O)c1cc(Cl)cnc1Cl)c1ccc(C(=O)OC(C)(C)C)cc1.C[C@H](NC(=O)c1cc(Cl)cnc1Oc1ccc(Cl)c(F)c1)c1ccc(C(=O)OC(C)(C)C)cc1. The van der Waals surface area contributed by atoms with Crippen LogP contribution in [0.4, 0.5) is 4.39 Å². The van der Waals surface area contributed by atoms with E-state index in [9.17, 15) is 23.6 Å². The Balaban J connectivity index is 0.000000275. The summed E-state index contributed by atoms with van der Waals surface area (Å²) in [4.78, 5) is 57.5. The quantitative estimate of drug-likeness (QED) is 0.103. The van der Waals surface area contributed by atoms with Crippen LogP contribution in [-0.2, 0) is 9.47 Å². The van der Waals surface area contributed by atoms with Gasteiger partial charge in [-0.25, -0.2) is 23.9 Å². The number of carbonyl (C=O) groups excluding carboxylic acids is 4. The molecule has 0 fully saturated rings. The van der Waals surface area contributed by atoms with Crippen molar-refractivity contribution in [2.75, 3.05) is 0 Å². The number of benzene rings is 3. The summed E-state index contributed by atoms with van der Waals surface area (Å²) in [6, 6.07) is 19.6. The molecule has 0 bridgehead atoms. The lowest BCUT2D eigenvalue weighted by Gasteiger charge is -2.20. The summed E-state index contributed by atoms with van der Waals surface area (Å²) in [5.74, 6) is -2.29. The van der Waals surface area contributed by atoms with E-state index in [1.165, 1.54) is 36.7 Å². The number of esters is 2. The van der Waals surface area contributed by atoms with Crippen LogP contribution in [0, 0.1) is 5.82 Å². The van der Waals surface area contributed by atoms with Crippen LogP contribution in [0.15, 0.2) is 91.3 Å². The molecular formula is C44H43Cl4FN4O7. The van der Waals surface area contributed by atoms with Crippen LogP contribution in [0.3, 0.4) is 0 Å². The van der Waals surface area contributed by atoms with Crippen molar-refractivity contribution in [1.29, 1.82) is 0 Å². The highest BCUT2D eigenvalue weighted by Crippen LogP contribution is 2.29. The van der Waals surface area contributed by atoms with Gasteiger partial charge in [0.25, 0.3) is 11.8 Å². The highest BCUT2D eigenvalue weighted by Gasteiger charge is 2.22. The lowest BCUT2D eigenvalue weighted by molar-refractivity contribution is 0.00570. The van der Waals surface area contributed by atoms with Gasteiger partial charge in [0.05, 0.1) is 43.8 Å². The molecule has 0 unspecified atom stereocenters. The maximum absolute atomic E-state index is 13.8. The molecule has 0 radical (unpaired) electrons. The Kier molecular flexibility index (Phi) is 16.1. The average molecular weight is 901 g/mol. The lowest BCUT2D eigenvalue weighted by Crippen LogP contribution is -2.27. The molecule has 2 aromatic heterocycles. The van der Waals surface area contributed by atoms with Gasteiger partial charge in [0.2, 0.25) is 5.88 Å². The molecule has 3 aromatic carbocycles. The minimum absolute atomic E-state index is 0.0453. The highest BCUT2D eigenvalue weighted by atomic mass is 35.5. The van der Waals surface area contributed by atoms with Crippen LogP contribution in [-0.4, -0.2) is 44.9 Å². The van der Waals surface area contributed by atoms with Gasteiger partial charge < -0.3 is 24.8 Å². The van der Waals surface area contributed by atoms with Crippen molar-refractivity contribution in [3.05, 3.63) is 151 Å². The standard InChI is InChI=1S/C25H23Cl2FN2O4.C19H20Cl2N2O3/c1-14(15-5-7-16(8-6-15)24(32)34-25(2,3)4)30-22(31)19-11-17(26)13-29-23(19)33-18-9-10-20(27)21(28)12-18;1-11(23-17(24)15-9-14(20)10-22-16(15)21)12-5-7-13(8-6-12)18(25)26-19(2,3)4/h5-14H,1-4H3,(H,30,31);5-11H,1-4H3,(H,23,24)/t14-;11-/m00/s1. The van der Waals surface area contributed by atoms with Gasteiger partial charge in [0.15, 0.2) is 0 Å². The number of rotatable bonds is 10. The molecule has 0 aliphatic heterocycles. The summed E-state index contributed by atoms with van der Waals surface area (Å²) in [5, 5.41) is 6.26. The predicted octanol–water partition coefficient (Wildman–Crippen LogP) is 11.6. The third-order valence-corrected chi connectivity index (χ3v) is 9.03. The van der Waals surface area contributed by atoms with Gasteiger partial charge >= 0.3 is 11.9 Å². The number of aromatic nitrogens is 2. The monoisotopic (exact) mass is 898 g/mol. The Morgan fingerprint density at radius 3 is 1.50 bits per heavy atom. The van der Waals surface area contributed by atoms with Crippen molar-refractivity contribution < 1.29 is 37.8 Å². The zero-order valence-corrected chi connectivity index (χ0v) is 37.0. The van der Waals surface area contributed by atoms with Gasteiger partial charge in [-0.2, -0.15) is 0 Å². The number of amides is 2. The fourth-order valence-electron chi connectivity index (χ4n) is 5.11. The highest BCUT2D eigenvalue weighted by molar-refractivity contribution is 6.34. The van der Waals surface area contributed by atoms with E-state index in [4.69, 9.17) is 60.6 Å². The molecule has 0 spiro atoms. The molecule has 0 saturated heterocycles. The Bertz CT molecular complexity index is 2350. The summed E-state index contributed by atoms with van der Waals surface area (Å²) in [6.45, 7) is 14.4. The maximum atomic E-state index is 13.8. The van der Waals surface area contributed by atoms with Crippen molar-refractivity contribution in [3.63, 3.8) is 0 Å². The number of hydrogen-bond acceptors (Lipinski definition) is 9. The van der Waals surface area contributed by atoms with Gasteiger partial charge in [-0.1, -0.05) is 70.7 Å². The normalized spacial score (nSPS) is 12.2. The summed E-state index contributed by atoms with van der Waals surface area (Å²) < 4.78 is 30.1. The van der Waals surface area contributed by atoms with Crippen molar-refractivity contribution in [3.8, 4) is 11.6 Å². The second kappa shape index (κ2) is 20.3. The predicted molar refractivity (Wildman–Crippen MR) is 230 cm³/mol. The summed E-state index contributed by atoms with van der Waals surface area (Å²) in [6.07, 6.45) is 2.69. The molecule has 16 heteroatoms. The van der Waals surface area contributed by atoms with Crippen LogP contribution in [0.25, 0.3) is 0 Å². The van der Waals surface area contributed by atoms with Crippen LogP contribution >= 0.6 is 46.4 Å². The van der Waals surface area contributed by atoms with Crippen molar-refractivity contribution in [2.45, 2.75) is 78.7 Å². The topological polar surface area (TPSA) is 146 Å². The molecule has 2 amide bonds. The molecule has 2 heterocycles. The zero-order valence-electron chi connectivity index (χ0n) is 34.0. The Labute approximate surface area is 367 Å². The van der Waals surface area contributed by atoms with Crippen LogP contribution in [0.1, 0.15) is 120 Å². The smallest absolute Gasteiger partial charge is 0.338 e. The number of halogens is 5. The number of nitrogens with zero attached hydrogens (tertiary/aromatic N) is 2. The van der Waals surface area contributed by atoms with Crippen molar-refractivity contribution in [2.24, 2.45) is 0 Å². The third-order valence-electron chi connectivity index (χ3n) is 8.00. The molecule has 0 aliphatic rings. The fourth-order valence-corrected chi connectivity index (χ4v) is 5.73. The first-order chi connectivity index (χ1) is 28.0. The largest absolute Gasteiger partial charge is 0.456 e. The van der Waals surface area contributed by atoms with Crippen molar-refractivity contribution in [1.82, 2.24) is 20.6 Å². The van der Waals surface area contributed by atoms with E-state index < -0.39 is 40.9 Å². The maximum Gasteiger partial charge on any atom is 0.338 e. The third kappa shape index (κ3) is 14.2. The summed E-state index contributed by atoms with van der Waals surface area (Å²) in [7, 11) is 0. The minimum atomic E-state index is -0.664. The minimum Gasteiger partial charge on any atom is -0.456 e. The van der Waals surface area contributed by atoms with E-state index >= 15 is 0 Å². The molecule has 60 heavy (non-hydrogen) atoms. The number of hydrogen-bond donors (Lipinski definition) is 2. The number of ether oxygens (including phenoxy) is 3. The van der Waals surface area contributed by atoms with Gasteiger partial charge in [-0.05, 0) is 115 Å². The van der Waals surface area contributed by atoms with E-state index in [0.717, 1.165) is 17.2 Å².